The standard InChI is InChI=1S/C39H23N3O.C27H4/c1-3-11-24(12-4-1)37-40-38(25-13-5-2-6-14-25)42-39(41-37)26-19-20-28-30-21-22-34-36(31-17-9-10-18-33(31)43-34)35(30)29-16-8-7-15-27(29)32(28)23-26;1-3-5-7-9-11-13-15-17-19-21-23-25-27-26-24-22-20-18-16-14-12-10-8-6-4-2/h1-23H;1H,2H3. The second-order valence-corrected chi connectivity index (χ2v) is 14.1. The first kappa shape index (κ1) is 45.0. The van der Waals surface area contributed by atoms with Gasteiger partial charge in [-0.25, -0.2) is 15.0 Å². The smallest absolute Gasteiger partial charge is 0.164 e. The van der Waals surface area contributed by atoms with Gasteiger partial charge in [-0.3, -0.25) is 0 Å². The lowest BCUT2D eigenvalue weighted by molar-refractivity contribution is 0.669. The molecule has 2 aromatic heterocycles. The van der Waals surface area contributed by atoms with Crippen LogP contribution >= 0.6 is 0 Å². The number of benzene rings is 7. The molecule has 0 aliphatic heterocycles. The minimum atomic E-state index is 0.648. The van der Waals surface area contributed by atoms with E-state index in [0.29, 0.717) is 17.5 Å². The molecule has 2 heterocycles. The molecule has 0 saturated heterocycles. The summed E-state index contributed by atoms with van der Waals surface area (Å²) >= 11 is 0. The molecule has 0 saturated carbocycles. The lowest BCUT2D eigenvalue weighted by Crippen LogP contribution is -2.00. The SMILES string of the molecule is C#CC#CC#CC#CC#CC#CC#CC#CC#CC#CC#CC#CC#CC.c1ccc(-c2nc(-c3ccccc3)nc(-c3ccc4c(c3)c3ccccc3c3c4ccc4oc5ccccc5c43)n2)cc1. The van der Waals surface area contributed by atoms with Crippen molar-refractivity contribution in [1.82, 2.24) is 15.0 Å². The first-order chi connectivity index (χ1) is 34.7. The van der Waals surface area contributed by atoms with Crippen LogP contribution in [0.1, 0.15) is 6.92 Å². The maximum atomic E-state index is 6.27. The van der Waals surface area contributed by atoms with Gasteiger partial charge in [-0.2, -0.15) is 0 Å². The molecule has 0 fully saturated rings. The molecule has 0 spiro atoms. The lowest BCUT2D eigenvalue weighted by Gasteiger charge is -2.13. The van der Waals surface area contributed by atoms with Gasteiger partial charge in [0.15, 0.2) is 17.5 Å². The van der Waals surface area contributed by atoms with E-state index in [9.17, 15) is 0 Å². The van der Waals surface area contributed by atoms with Crippen LogP contribution in [0.4, 0.5) is 0 Å². The lowest BCUT2D eigenvalue weighted by atomic mass is 9.91. The fourth-order valence-electron chi connectivity index (χ4n) is 7.09. The highest BCUT2D eigenvalue weighted by molar-refractivity contribution is 6.34. The maximum Gasteiger partial charge on any atom is 0.164 e. The fraction of sp³-hybridized carbons (Fsp3) is 0.0152. The molecule has 4 heteroatoms. The quantitative estimate of drug-likeness (QED) is 0.131. The number of hydrogen-bond acceptors (Lipinski definition) is 4. The van der Waals surface area contributed by atoms with Gasteiger partial charge < -0.3 is 4.42 Å². The van der Waals surface area contributed by atoms with E-state index < -0.39 is 0 Å². The van der Waals surface area contributed by atoms with Crippen LogP contribution in [0.2, 0.25) is 0 Å². The topological polar surface area (TPSA) is 51.8 Å². The summed E-state index contributed by atoms with van der Waals surface area (Å²) in [6.07, 6.45) is 4.91. The van der Waals surface area contributed by atoms with Gasteiger partial charge in [0.05, 0.1) is 0 Å². The third-order valence-corrected chi connectivity index (χ3v) is 9.87. The summed E-state index contributed by atoms with van der Waals surface area (Å²) in [4.78, 5) is 14.8. The van der Waals surface area contributed by atoms with Crippen LogP contribution in [-0.2, 0) is 0 Å². The summed E-state index contributed by atoms with van der Waals surface area (Å²) in [7, 11) is 0. The van der Waals surface area contributed by atoms with E-state index in [1.165, 1.54) is 26.9 Å². The van der Waals surface area contributed by atoms with Crippen molar-refractivity contribution in [2.45, 2.75) is 6.92 Å². The summed E-state index contributed by atoms with van der Waals surface area (Å²) in [5, 5.41) is 9.45. The van der Waals surface area contributed by atoms with E-state index in [1.807, 2.05) is 72.8 Å². The van der Waals surface area contributed by atoms with E-state index in [2.05, 4.69) is 215 Å². The van der Waals surface area contributed by atoms with Crippen molar-refractivity contribution in [3.63, 3.8) is 0 Å². The normalized spacial score (nSPS) is 8.69. The zero-order valence-corrected chi connectivity index (χ0v) is 37.1. The van der Waals surface area contributed by atoms with Gasteiger partial charge in [0.2, 0.25) is 0 Å². The van der Waals surface area contributed by atoms with Gasteiger partial charge in [0.25, 0.3) is 0 Å². The van der Waals surface area contributed by atoms with Crippen LogP contribution in [0.5, 0.6) is 0 Å². The molecule has 70 heavy (non-hydrogen) atoms. The molecule has 0 N–H and O–H groups in total. The molecule has 0 aliphatic rings. The van der Waals surface area contributed by atoms with E-state index >= 15 is 0 Å². The van der Waals surface area contributed by atoms with Crippen molar-refractivity contribution >= 4 is 54.3 Å². The van der Waals surface area contributed by atoms with Crippen LogP contribution in [0.15, 0.2) is 144 Å². The minimum absolute atomic E-state index is 0.648. The molecule has 0 aliphatic carbocycles. The zero-order chi connectivity index (χ0) is 48.0. The predicted octanol–water partition coefficient (Wildman–Crippen LogP) is 10.9. The van der Waals surface area contributed by atoms with Crippen molar-refractivity contribution in [3.8, 4) is 189 Å². The van der Waals surface area contributed by atoms with Crippen LogP contribution in [0, 0.1) is 154 Å². The van der Waals surface area contributed by atoms with Gasteiger partial charge in [-0.15, -0.1) is 6.42 Å². The number of terminal acetylenes is 1. The molecule has 0 unspecified atom stereocenters. The molecule has 0 amide bonds. The highest BCUT2D eigenvalue weighted by atomic mass is 16.3. The molecule has 0 radical (unpaired) electrons. The van der Waals surface area contributed by atoms with E-state index in [1.54, 1.807) is 6.92 Å². The summed E-state index contributed by atoms with van der Waals surface area (Å²) in [5.74, 6) is 63.9. The van der Waals surface area contributed by atoms with Gasteiger partial charge in [0.1, 0.15) is 11.2 Å². The van der Waals surface area contributed by atoms with Crippen molar-refractivity contribution in [2.24, 2.45) is 0 Å². The largest absolute Gasteiger partial charge is 0.456 e. The highest BCUT2D eigenvalue weighted by Gasteiger charge is 2.18. The molecule has 0 atom stereocenters. The Morgan fingerprint density at radius 2 is 0.700 bits per heavy atom. The first-order valence-electron chi connectivity index (χ1n) is 21.2. The van der Waals surface area contributed by atoms with Crippen LogP contribution in [0.3, 0.4) is 0 Å². The Morgan fingerprint density at radius 1 is 0.314 bits per heavy atom. The van der Waals surface area contributed by atoms with Crippen LogP contribution in [-0.4, -0.2) is 15.0 Å². The van der Waals surface area contributed by atoms with E-state index in [4.69, 9.17) is 25.8 Å². The third kappa shape index (κ3) is 11.2. The Kier molecular flexibility index (Phi) is 15.0. The van der Waals surface area contributed by atoms with Crippen LogP contribution < -0.4 is 0 Å². The summed E-state index contributed by atoms with van der Waals surface area (Å²) in [5.41, 5.74) is 4.67. The molecule has 0 bridgehead atoms. The highest BCUT2D eigenvalue weighted by Crippen LogP contribution is 2.43. The number of nitrogens with zero attached hydrogens (tertiary/aromatic N) is 3. The average molecular weight is 878 g/mol. The fourth-order valence-corrected chi connectivity index (χ4v) is 7.09. The van der Waals surface area contributed by atoms with Crippen molar-refractivity contribution < 1.29 is 4.42 Å². The van der Waals surface area contributed by atoms with Gasteiger partial charge in [0, 0.05) is 80.2 Å². The van der Waals surface area contributed by atoms with E-state index in [-0.39, 0.29) is 0 Å². The monoisotopic (exact) mass is 877 g/mol. The molecular weight excluding hydrogens is 851 g/mol. The van der Waals surface area contributed by atoms with Gasteiger partial charge in [-0.1, -0.05) is 121 Å². The van der Waals surface area contributed by atoms with Crippen molar-refractivity contribution in [3.05, 3.63) is 140 Å². The molecule has 312 valence electrons. The Labute approximate surface area is 406 Å². The Morgan fingerprint density at radius 3 is 1.20 bits per heavy atom. The molecule has 4 nitrogen and oxygen atoms in total. The zero-order valence-electron chi connectivity index (χ0n) is 37.1. The summed E-state index contributed by atoms with van der Waals surface area (Å²) in [6, 6.07) is 48.0. The Balaban J connectivity index is 0.000000213. The summed E-state index contributed by atoms with van der Waals surface area (Å²) < 4.78 is 6.27. The second kappa shape index (κ2) is 23.4. The number of hydrogen-bond donors (Lipinski definition) is 0. The van der Waals surface area contributed by atoms with Crippen molar-refractivity contribution in [2.75, 3.05) is 0 Å². The Hall–Kier alpha value is -11.6. The number of fused-ring (bicyclic) bond motifs is 10. The first-order valence-corrected chi connectivity index (χ1v) is 21.2. The van der Waals surface area contributed by atoms with E-state index in [0.717, 1.165) is 44.0 Å². The second-order valence-electron chi connectivity index (χ2n) is 14.1. The number of rotatable bonds is 3. The van der Waals surface area contributed by atoms with Crippen LogP contribution in [0.25, 0.3) is 88.4 Å². The summed E-state index contributed by atoms with van der Waals surface area (Å²) in [6.45, 7) is 1.69. The molecule has 7 aromatic carbocycles. The predicted molar refractivity (Wildman–Crippen MR) is 284 cm³/mol. The third-order valence-electron chi connectivity index (χ3n) is 9.87. The van der Waals surface area contributed by atoms with Gasteiger partial charge in [-0.05, 0) is 153 Å². The number of aromatic nitrogens is 3. The molecule has 9 aromatic rings. The van der Waals surface area contributed by atoms with Gasteiger partial charge >= 0.3 is 0 Å². The molecular formula is C66H27N3O. The average Bonchev–Trinajstić information content (AvgIpc) is 3.80. The Bertz CT molecular complexity index is 4370. The maximum absolute atomic E-state index is 6.27. The minimum Gasteiger partial charge on any atom is -0.456 e. The van der Waals surface area contributed by atoms with Crippen molar-refractivity contribution in [1.29, 1.82) is 0 Å². The number of furan rings is 1. The number of para-hydroxylation sites is 1. The molecule has 9 rings (SSSR count).